The van der Waals surface area contributed by atoms with Gasteiger partial charge in [0.2, 0.25) is 0 Å². The second-order valence-corrected chi connectivity index (χ2v) is 5.87. The van der Waals surface area contributed by atoms with Crippen molar-refractivity contribution in [2.75, 3.05) is 0 Å². The van der Waals surface area contributed by atoms with Gasteiger partial charge in [0.25, 0.3) is 5.91 Å². The molecule has 4 rings (SSSR count). The van der Waals surface area contributed by atoms with E-state index in [4.69, 9.17) is 9.51 Å². The number of pyridine rings is 1. The number of hydrogen-bond donors (Lipinski definition) is 1. The van der Waals surface area contributed by atoms with Crippen molar-refractivity contribution in [3.8, 4) is 0 Å². The number of hydrogen-bond acceptors (Lipinski definition) is 4. The number of carbonyl (C=O) groups is 1. The normalized spacial score (nSPS) is 13.3. The van der Waals surface area contributed by atoms with E-state index >= 15 is 0 Å². The fraction of sp³-hybridized carbons (Fsp3) is 0.278. The lowest BCUT2D eigenvalue weighted by Gasteiger charge is -2.12. The van der Waals surface area contributed by atoms with Gasteiger partial charge in [-0.3, -0.25) is 9.78 Å². The molecule has 0 radical (unpaired) electrons. The number of fused-ring (bicyclic) bond motifs is 2. The molecule has 23 heavy (non-hydrogen) atoms. The average Bonchev–Trinajstić information content (AvgIpc) is 3.18. The molecule has 1 aromatic carbocycles. The molecule has 2 aromatic heterocycles. The van der Waals surface area contributed by atoms with Gasteiger partial charge in [0.1, 0.15) is 5.76 Å². The van der Waals surface area contributed by atoms with E-state index in [1.54, 1.807) is 6.20 Å². The van der Waals surface area contributed by atoms with Crippen molar-refractivity contribution in [3.05, 3.63) is 58.6 Å². The summed E-state index contributed by atoms with van der Waals surface area (Å²) in [5, 5.41) is 7.66. The summed E-state index contributed by atoms with van der Waals surface area (Å²) < 4.78 is 5.04. The molecule has 3 aromatic rings. The van der Waals surface area contributed by atoms with Crippen LogP contribution in [0.5, 0.6) is 0 Å². The molecule has 1 amide bonds. The fourth-order valence-electron chi connectivity index (χ4n) is 3.22. The van der Waals surface area contributed by atoms with E-state index in [0.717, 1.165) is 58.3 Å². The molecule has 0 saturated heterocycles. The predicted molar refractivity (Wildman–Crippen MR) is 86.2 cm³/mol. The summed E-state index contributed by atoms with van der Waals surface area (Å²) >= 11 is 0. The Morgan fingerprint density at radius 3 is 3.00 bits per heavy atom. The van der Waals surface area contributed by atoms with Crippen LogP contribution < -0.4 is 5.32 Å². The van der Waals surface area contributed by atoms with Crippen molar-refractivity contribution in [1.29, 1.82) is 0 Å². The topological polar surface area (TPSA) is 68.0 Å². The van der Waals surface area contributed by atoms with Crippen LogP contribution in [0, 0.1) is 6.92 Å². The SMILES string of the molecule is Cc1oncc1CNC(=O)c1c2c(nc3ccccc13)CCC2. The third-order valence-corrected chi connectivity index (χ3v) is 4.44. The molecule has 1 aliphatic carbocycles. The van der Waals surface area contributed by atoms with E-state index in [1.807, 2.05) is 31.2 Å². The van der Waals surface area contributed by atoms with Crippen molar-refractivity contribution in [2.24, 2.45) is 0 Å². The van der Waals surface area contributed by atoms with Gasteiger partial charge in [-0.15, -0.1) is 0 Å². The summed E-state index contributed by atoms with van der Waals surface area (Å²) in [6.45, 7) is 2.26. The molecule has 1 aliphatic rings. The van der Waals surface area contributed by atoms with E-state index in [1.165, 1.54) is 0 Å². The molecule has 2 heterocycles. The van der Waals surface area contributed by atoms with E-state index in [2.05, 4.69) is 10.5 Å². The second-order valence-electron chi connectivity index (χ2n) is 5.87. The van der Waals surface area contributed by atoms with Gasteiger partial charge in [-0.2, -0.15) is 0 Å². The summed E-state index contributed by atoms with van der Waals surface area (Å²) in [6, 6.07) is 7.85. The summed E-state index contributed by atoms with van der Waals surface area (Å²) in [6.07, 6.45) is 4.57. The Labute approximate surface area is 133 Å². The van der Waals surface area contributed by atoms with Crippen LogP contribution in [0.15, 0.2) is 35.0 Å². The van der Waals surface area contributed by atoms with Crippen molar-refractivity contribution < 1.29 is 9.32 Å². The van der Waals surface area contributed by atoms with Gasteiger partial charge in [-0.25, -0.2) is 0 Å². The number of nitrogens with one attached hydrogen (secondary N) is 1. The average molecular weight is 307 g/mol. The minimum atomic E-state index is -0.0534. The van der Waals surface area contributed by atoms with Crippen LogP contribution in [0.4, 0.5) is 0 Å². The van der Waals surface area contributed by atoms with Crippen molar-refractivity contribution in [2.45, 2.75) is 32.7 Å². The number of rotatable bonds is 3. The lowest BCUT2D eigenvalue weighted by molar-refractivity contribution is 0.0951. The third kappa shape index (κ3) is 2.38. The summed E-state index contributed by atoms with van der Waals surface area (Å²) in [7, 11) is 0. The van der Waals surface area contributed by atoms with Gasteiger partial charge in [0.05, 0.1) is 17.3 Å². The van der Waals surface area contributed by atoms with Crippen LogP contribution in [-0.2, 0) is 19.4 Å². The minimum absolute atomic E-state index is 0.0534. The number of para-hydroxylation sites is 1. The molecule has 5 nitrogen and oxygen atoms in total. The highest BCUT2D eigenvalue weighted by molar-refractivity contribution is 6.07. The summed E-state index contributed by atoms with van der Waals surface area (Å²) in [5.74, 6) is 0.678. The molecule has 5 heteroatoms. The molecule has 1 N–H and O–H groups in total. The summed E-state index contributed by atoms with van der Waals surface area (Å²) in [5.41, 5.74) is 4.73. The molecule has 0 saturated carbocycles. The van der Waals surface area contributed by atoms with Gasteiger partial charge in [-0.1, -0.05) is 23.4 Å². The number of carbonyl (C=O) groups excluding carboxylic acids is 1. The lowest BCUT2D eigenvalue weighted by atomic mass is 10.0. The third-order valence-electron chi connectivity index (χ3n) is 4.44. The van der Waals surface area contributed by atoms with Gasteiger partial charge >= 0.3 is 0 Å². The zero-order chi connectivity index (χ0) is 15.8. The largest absolute Gasteiger partial charge is 0.361 e. The smallest absolute Gasteiger partial charge is 0.252 e. The molecule has 0 aliphatic heterocycles. The first-order chi connectivity index (χ1) is 11.2. The van der Waals surface area contributed by atoms with Crippen LogP contribution in [0.3, 0.4) is 0 Å². The molecule has 116 valence electrons. The van der Waals surface area contributed by atoms with Crippen LogP contribution in [0.25, 0.3) is 10.9 Å². The number of benzene rings is 1. The number of nitrogens with zero attached hydrogens (tertiary/aromatic N) is 2. The van der Waals surface area contributed by atoms with E-state index in [-0.39, 0.29) is 5.91 Å². The highest BCUT2D eigenvalue weighted by atomic mass is 16.5. The first kappa shape index (κ1) is 13.9. The molecular weight excluding hydrogens is 290 g/mol. The molecule has 0 bridgehead atoms. The highest BCUT2D eigenvalue weighted by Gasteiger charge is 2.23. The second kappa shape index (κ2) is 5.50. The predicted octanol–water partition coefficient (Wildman–Crippen LogP) is 2.95. The number of aryl methyl sites for hydroxylation is 2. The van der Waals surface area contributed by atoms with Crippen molar-refractivity contribution in [3.63, 3.8) is 0 Å². The van der Waals surface area contributed by atoms with Gasteiger partial charge in [0.15, 0.2) is 0 Å². The van der Waals surface area contributed by atoms with Crippen LogP contribution in [0.2, 0.25) is 0 Å². The van der Waals surface area contributed by atoms with Crippen LogP contribution in [0.1, 0.15) is 39.4 Å². The van der Waals surface area contributed by atoms with Gasteiger partial charge < -0.3 is 9.84 Å². The van der Waals surface area contributed by atoms with Crippen LogP contribution in [-0.4, -0.2) is 16.0 Å². The minimum Gasteiger partial charge on any atom is -0.361 e. The first-order valence-electron chi connectivity index (χ1n) is 7.83. The molecule has 0 fully saturated rings. The van der Waals surface area contributed by atoms with Crippen LogP contribution >= 0.6 is 0 Å². The Bertz CT molecular complexity index is 898. The van der Waals surface area contributed by atoms with Gasteiger partial charge in [0, 0.05) is 23.2 Å². The zero-order valence-electron chi connectivity index (χ0n) is 12.9. The summed E-state index contributed by atoms with van der Waals surface area (Å²) in [4.78, 5) is 17.6. The number of aromatic nitrogens is 2. The van der Waals surface area contributed by atoms with Gasteiger partial charge in [-0.05, 0) is 37.8 Å². The van der Waals surface area contributed by atoms with E-state index in [0.29, 0.717) is 6.54 Å². The maximum Gasteiger partial charge on any atom is 0.252 e. The lowest BCUT2D eigenvalue weighted by Crippen LogP contribution is -2.24. The molecule has 0 spiro atoms. The maximum atomic E-state index is 12.8. The maximum absolute atomic E-state index is 12.8. The quantitative estimate of drug-likeness (QED) is 0.808. The molecular formula is C18H17N3O2. The van der Waals surface area contributed by atoms with E-state index < -0.39 is 0 Å². The Morgan fingerprint density at radius 1 is 1.30 bits per heavy atom. The molecule has 0 unspecified atom stereocenters. The Hall–Kier alpha value is -2.69. The monoisotopic (exact) mass is 307 g/mol. The standard InChI is InChI=1S/C18H17N3O2/c1-11-12(10-20-23-11)9-19-18(22)17-13-5-2-3-7-15(13)21-16-8-4-6-14(16)17/h2-3,5,7,10H,4,6,8-9H2,1H3,(H,19,22). The fourth-order valence-corrected chi connectivity index (χ4v) is 3.22. The number of amides is 1. The highest BCUT2D eigenvalue weighted by Crippen LogP contribution is 2.29. The molecule has 0 atom stereocenters. The first-order valence-corrected chi connectivity index (χ1v) is 7.83. The van der Waals surface area contributed by atoms with E-state index in [9.17, 15) is 4.79 Å². The van der Waals surface area contributed by atoms with Crippen molar-refractivity contribution >= 4 is 16.8 Å². The Morgan fingerprint density at radius 2 is 2.17 bits per heavy atom. The Kier molecular flexibility index (Phi) is 3.33. The Balaban J connectivity index is 1.72. The van der Waals surface area contributed by atoms with Crippen molar-refractivity contribution in [1.82, 2.24) is 15.5 Å². The zero-order valence-corrected chi connectivity index (χ0v) is 12.9.